The summed E-state index contributed by atoms with van der Waals surface area (Å²) < 4.78 is 0. The molecule has 0 unspecified atom stereocenters. The van der Waals surface area contributed by atoms with Crippen molar-refractivity contribution in [2.24, 2.45) is 0 Å². The van der Waals surface area contributed by atoms with Crippen LogP contribution in [-0.2, 0) is 25.7 Å². The minimum atomic E-state index is 0.0709. The average molecular weight is 793 g/mol. The molecule has 0 heterocycles. The molecule has 0 bridgehead atoms. The molecule has 4 aromatic carbocycles. The van der Waals surface area contributed by atoms with E-state index in [0.29, 0.717) is 30.2 Å². The number of aliphatic hydroxyl groups excluding tert-OH is 1. The van der Waals surface area contributed by atoms with Gasteiger partial charge in [-0.15, -0.1) is 0 Å². The average Bonchev–Trinajstić information content (AvgIpc) is 3.26. The van der Waals surface area contributed by atoms with Gasteiger partial charge < -0.3 is 47.6 Å². The molecular formula is C49H76N8O. The zero-order chi connectivity index (χ0) is 41.2. The van der Waals surface area contributed by atoms with E-state index in [4.69, 9.17) is 0 Å². The Hall–Kier alpha value is -3.48. The summed E-state index contributed by atoms with van der Waals surface area (Å²) in [6.07, 6.45) is 3.88. The number of nitrogens with one attached hydrogen (secondary N) is 8. The molecule has 318 valence electrons. The molecule has 0 saturated heterocycles. The van der Waals surface area contributed by atoms with E-state index in [1.807, 2.05) is 6.92 Å². The fourth-order valence-corrected chi connectivity index (χ4v) is 7.21. The van der Waals surface area contributed by atoms with Crippen LogP contribution in [0.15, 0.2) is 121 Å². The summed E-state index contributed by atoms with van der Waals surface area (Å²) in [5, 5.41) is 39.6. The normalized spacial score (nSPS) is 15.9. The predicted octanol–water partition coefficient (Wildman–Crippen LogP) is 4.32. The fraction of sp³-hybridized carbons (Fsp3) is 0.510. The third kappa shape index (κ3) is 20.0. The summed E-state index contributed by atoms with van der Waals surface area (Å²) in [6, 6.07) is 45.3. The fourth-order valence-electron chi connectivity index (χ4n) is 7.21. The van der Waals surface area contributed by atoms with E-state index in [9.17, 15) is 5.11 Å². The zero-order valence-electron chi connectivity index (χ0n) is 36.1. The first-order valence-corrected chi connectivity index (χ1v) is 21.9. The quantitative estimate of drug-likeness (QED) is 0.0368. The topological polar surface area (TPSA) is 116 Å². The van der Waals surface area contributed by atoms with E-state index < -0.39 is 0 Å². The van der Waals surface area contributed by atoms with Gasteiger partial charge in [0.05, 0.1) is 6.61 Å². The van der Waals surface area contributed by atoms with Gasteiger partial charge in [-0.1, -0.05) is 121 Å². The number of likely N-dealkylation sites (N-methyl/N-ethyl adjacent to an activating group) is 1. The van der Waals surface area contributed by atoms with Gasteiger partial charge in [-0.2, -0.15) is 0 Å². The van der Waals surface area contributed by atoms with Gasteiger partial charge in [0.2, 0.25) is 0 Å². The number of benzene rings is 4. The molecule has 0 aromatic heterocycles. The van der Waals surface area contributed by atoms with Crippen LogP contribution in [0.5, 0.6) is 0 Å². The summed E-state index contributed by atoms with van der Waals surface area (Å²) in [5.74, 6) is 0. The van der Waals surface area contributed by atoms with Gasteiger partial charge in [-0.05, 0) is 82.7 Å². The Bertz CT molecular complexity index is 1570. The van der Waals surface area contributed by atoms with Crippen molar-refractivity contribution in [2.45, 2.75) is 102 Å². The van der Waals surface area contributed by atoms with Crippen molar-refractivity contribution in [2.75, 3.05) is 59.5 Å². The third-order valence-electron chi connectivity index (χ3n) is 11.0. The molecule has 0 aliphatic heterocycles. The Morgan fingerprint density at radius 1 is 0.345 bits per heavy atom. The van der Waals surface area contributed by atoms with Crippen LogP contribution in [0.3, 0.4) is 0 Å². The molecule has 0 saturated carbocycles. The Morgan fingerprint density at radius 3 is 0.879 bits per heavy atom. The van der Waals surface area contributed by atoms with Crippen LogP contribution in [0.2, 0.25) is 0 Å². The summed E-state index contributed by atoms with van der Waals surface area (Å²) in [6.45, 7) is 15.1. The molecule has 9 heteroatoms. The van der Waals surface area contributed by atoms with Crippen molar-refractivity contribution >= 4 is 0 Å². The van der Waals surface area contributed by atoms with Gasteiger partial charge in [0.15, 0.2) is 0 Å². The van der Waals surface area contributed by atoms with Crippen molar-refractivity contribution in [1.82, 2.24) is 42.5 Å². The van der Waals surface area contributed by atoms with Gasteiger partial charge in [0.25, 0.3) is 0 Å². The van der Waals surface area contributed by atoms with Crippen molar-refractivity contribution in [1.29, 1.82) is 0 Å². The van der Waals surface area contributed by atoms with E-state index in [-0.39, 0.29) is 24.7 Å². The molecule has 0 aliphatic carbocycles. The Morgan fingerprint density at radius 2 is 0.603 bits per heavy atom. The first kappa shape index (κ1) is 47.2. The van der Waals surface area contributed by atoms with E-state index in [1.54, 1.807) is 0 Å². The van der Waals surface area contributed by atoms with Crippen LogP contribution in [0.25, 0.3) is 0 Å². The van der Waals surface area contributed by atoms with Crippen LogP contribution in [-0.4, -0.2) is 113 Å². The molecule has 0 spiro atoms. The second kappa shape index (κ2) is 28.1. The molecule has 9 N–H and O–H groups in total. The molecule has 4 rings (SSSR count). The molecule has 58 heavy (non-hydrogen) atoms. The van der Waals surface area contributed by atoms with Crippen molar-refractivity contribution in [3.8, 4) is 0 Å². The molecule has 4 aromatic rings. The van der Waals surface area contributed by atoms with Crippen LogP contribution in [0, 0.1) is 0 Å². The summed E-state index contributed by atoms with van der Waals surface area (Å²) in [4.78, 5) is 0. The number of hydrogen-bond acceptors (Lipinski definition) is 9. The highest BCUT2D eigenvalue weighted by Crippen LogP contribution is 2.07. The summed E-state index contributed by atoms with van der Waals surface area (Å²) >= 11 is 0. The summed E-state index contributed by atoms with van der Waals surface area (Å²) in [7, 11) is 2.06. The minimum absolute atomic E-state index is 0.0709. The minimum Gasteiger partial charge on any atom is -0.395 e. The molecule has 8 atom stereocenters. The van der Waals surface area contributed by atoms with Crippen molar-refractivity contribution in [3.05, 3.63) is 144 Å². The van der Waals surface area contributed by atoms with Crippen LogP contribution >= 0.6 is 0 Å². The predicted molar refractivity (Wildman–Crippen MR) is 246 cm³/mol. The number of aliphatic hydroxyl groups is 1. The standard InChI is InChI=1S/C49H76N8O/c1-38(51-33-46(50-5)26-42-18-10-6-11-19-42)30-55-47(27-43-20-12-7-13-21-43)34-52-39(2)31-56-48(28-44-22-14-8-15-23-44)35-53-40(3)32-57-49(36-54-41(4)37-58)29-45-24-16-9-17-25-45/h6-25,38-41,46-58H,26-37H2,1-5H3/t38-,39-,40-,41-,46-,47-,48-,49-/m0/s1. The van der Waals surface area contributed by atoms with E-state index in [1.165, 1.54) is 22.3 Å². The zero-order valence-corrected chi connectivity index (χ0v) is 36.1. The van der Waals surface area contributed by atoms with Gasteiger partial charge in [-0.3, -0.25) is 0 Å². The molecule has 0 radical (unpaired) electrons. The highest BCUT2D eigenvalue weighted by Gasteiger charge is 2.18. The summed E-state index contributed by atoms with van der Waals surface area (Å²) in [5.41, 5.74) is 5.37. The lowest BCUT2D eigenvalue weighted by Gasteiger charge is -2.28. The highest BCUT2D eigenvalue weighted by atomic mass is 16.3. The maximum atomic E-state index is 9.57. The second-order valence-electron chi connectivity index (χ2n) is 16.5. The molecule has 9 nitrogen and oxygen atoms in total. The second-order valence-corrected chi connectivity index (χ2v) is 16.5. The molecule has 0 aliphatic rings. The molecule has 0 amide bonds. The number of rotatable bonds is 31. The van der Waals surface area contributed by atoms with Gasteiger partial charge in [0.1, 0.15) is 0 Å². The lowest BCUT2D eigenvalue weighted by molar-refractivity contribution is 0.247. The van der Waals surface area contributed by atoms with E-state index in [0.717, 1.165) is 71.5 Å². The van der Waals surface area contributed by atoms with Crippen LogP contribution in [0.1, 0.15) is 49.9 Å². The largest absolute Gasteiger partial charge is 0.395 e. The SMILES string of the molecule is CN[C@H](CN[C@@H](C)CN[C@H](CN[C@@H](C)CN[C@H](CN[C@@H](C)CN[C@H](CN[C@@H](C)CO)Cc1ccccc1)Cc1ccccc1)Cc1ccccc1)Cc1ccccc1. The third-order valence-corrected chi connectivity index (χ3v) is 11.0. The van der Waals surface area contributed by atoms with E-state index >= 15 is 0 Å². The molecular weight excluding hydrogens is 717 g/mol. The van der Waals surface area contributed by atoms with Crippen molar-refractivity contribution in [3.63, 3.8) is 0 Å². The maximum absolute atomic E-state index is 9.57. The maximum Gasteiger partial charge on any atom is 0.0581 e. The highest BCUT2D eigenvalue weighted by molar-refractivity contribution is 5.19. The van der Waals surface area contributed by atoms with Gasteiger partial charge >= 0.3 is 0 Å². The van der Waals surface area contributed by atoms with Crippen LogP contribution in [0.4, 0.5) is 0 Å². The van der Waals surface area contributed by atoms with E-state index in [2.05, 4.69) is 192 Å². The monoisotopic (exact) mass is 793 g/mol. The number of hydrogen-bond donors (Lipinski definition) is 9. The lowest BCUT2D eigenvalue weighted by atomic mass is 10.0. The Labute approximate surface area is 351 Å². The van der Waals surface area contributed by atoms with Crippen molar-refractivity contribution < 1.29 is 5.11 Å². The Kier molecular flexibility index (Phi) is 22.8. The smallest absolute Gasteiger partial charge is 0.0581 e. The first-order chi connectivity index (χ1) is 28.3. The van der Waals surface area contributed by atoms with Crippen LogP contribution < -0.4 is 42.5 Å². The van der Waals surface area contributed by atoms with Gasteiger partial charge in [-0.25, -0.2) is 0 Å². The first-order valence-electron chi connectivity index (χ1n) is 21.9. The Balaban J connectivity index is 1.26. The molecule has 0 fully saturated rings. The lowest BCUT2D eigenvalue weighted by Crippen LogP contribution is -2.52. The van der Waals surface area contributed by atoms with Gasteiger partial charge in [0, 0.05) is 94.1 Å².